The zero-order valence-electron chi connectivity index (χ0n) is 14.3. The lowest BCUT2D eigenvalue weighted by Crippen LogP contribution is -2.25. The molecule has 2 aromatic heterocycles. The highest BCUT2D eigenvalue weighted by molar-refractivity contribution is 9.10. The zero-order chi connectivity index (χ0) is 19.3. The molecule has 0 aliphatic carbocycles. The Morgan fingerprint density at radius 3 is 3.11 bits per heavy atom. The summed E-state index contributed by atoms with van der Waals surface area (Å²) in [5.74, 6) is -1.03. The normalized spacial score (nSPS) is 14.5. The smallest absolute Gasteiger partial charge is 0.337 e. The van der Waals surface area contributed by atoms with Crippen LogP contribution in [0.5, 0.6) is 0 Å². The van der Waals surface area contributed by atoms with Gasteiger partial charge in [0.1, 0.15) is 5.52 Å². The molecule has 0 spiro atoms. The Kier molecular flexibility index (Phi) is 4.85. The topological polar surface area (TPSA) is 64.8 Å². The van der Waals surface area contributed by atoms with Crippen molar-refractivity contribution >= 4 is 56.6 Å². The number of H-pyrrole nitrogens is 1. The molecule has 1 N–H and O–H groups in total. The Morgan fingerprint density at radius 1 is 1.59 bits per heavy atom. The molecule has 10 heteroatoms. The van der Waals surface area contributed by atoms with E-state index in [1.165, 1.54) is 10.7 Å². The molecule has 0 bridgehead atoms. The first-order chi connectivity index (χ1) is 12.9. The molecule has 4 rings (SSSR count). The number of esters is 1. The number of ether oxygens (including phenoxy) is 1. The highest BCUT2D eigenvalue weighted by Crippen LogP contribution is 2.34. The van der Waals surface area contributed by atoms with Gasteiger partial charge in [0.25, 0.3) is 0 Å². The van der Waals surface area contributed by atoms with Gasteiger partial charge in [0.05, 0.1) is 21.8 Å². The van der Waals surface area contributed by atoms with E-state index in [1.54, 1.807) is 13.1 Å². The number of halogens is 3. The average Bonchev–Trinajstić information content (AvgIpc) is 3.32. The van der Waals surface area contributed by atoms with Gasteiger partial charge in [0.15, 0.2) is 16.6 Å². The predicted octanol–water partition coefficient (Wildman–Crippen LogP) is 4.55. The van der Waals surface area contributed by atoms with Gasteiger partial charge in [-0.3, -0.25) is 4.68 Å². The van der Waals surface area contributed by atoms with Crippen molar-refractivity contribution in [3.05, 3.63) is 43.7 Å². The highest BCUT2D eigenvalue weighted by Gasteiger charge is 2.32. The number of nitrogens with zero attached hydrogens (tertiary/aromatic N) is 3. The van der Waals surface area contributed by atoms with E-state index in [-0.39, 0.29) is 16.6 Å². The first-order valence-electron chi connectivity index (χ1n) is 8.43. The lowest BCUT2D eigenvalue weighted by atomic mass is 10.1. The Labute approximate surface area is 172 Å². The SMILES string of the molecule is CCOC(=O)C(c1[nH]c(=S)n2c1CCC2)n1cc2c(Cl)cc(Br)c(F)c2n1. The minimum absolute atomic E-state index is 0.0816. The van der Waals surface area contributed by atoms with E-state index in [0.717, 1.165) is 25.1 Å². The molecule has 0 radical (unpaired) electrons. The van der Waals surface area contributed by atoms with Crippen molar-refractivity contribution < 1.29 is 13.9 Å². The number of hydrogen-bond acceptors (Lipinski definition) is 4. The van der Waals surface area contributed by atoms with E-state index in [9.17, 15) is 9.18 Å². The number of benzene rings is 1. The van der Waals surface area contributed by atoms with Crippen LogP contribution in [0, 0.1) is 10.6 Å². The largest absolute Gasteiger partial charge is 0.464 e. The summed E-state index contributed by atoms with van der Waals surface area (Å²) in [6, 6.07) is 0.566. The summed E-state index contributed by atoms with van der Waals surface area (Å²) in [7, 11) is 0. The van der Waals surface area contributed by atoms with Crippen LogP contribution in [0.15, 0.2) is 16.7 Å². The van der Waals surface area contributed by atoms with Gasteiger partial charge in [-0.15, -0.1) is 0 Å². The Balaban J connectivity index is 1.93. The van der Waals surface area contributed by atoms with Gasteiger partial charge in [-0.05, 0) is 54.0 Å². The van der Waals surface area contributed by atoms with Crippen LogP contribution < -0.4 is 0 Å². The van der Waals surface area contributed by atoms with Crippen LogP contribution in [-0.2, 0) is 22.5 Å². The summed E-state index contributed by atoms with van der Waals surface area (Å²) in [4.78, 5) is 15.9. The maximum Gasteiger partial charge on any atom is 0.337 e. The second-order valence-corrected chi connectivity index (χ2v) is 7.87. The number of aromatic nitrogens is 4. The Bertz CT molecular complexity index is 1120. The molecular weight excluding hydrogens is 459 g/mol. The van der Waals surface area contributed by atoms with Crippen LogP contribution in [0.1, 0.15) is 30.8 Å². The van der Waals surface area contributed by atoms with E-state index in [1.807, 2.05) is 4.57 Å². The van der Waals surface area contributed by atoms with Crippen molar-refractivity contribution in [3.63, 3.8) is 0 Å². The van der Waals surface area contributed by atoms with Crippen molar-refractivity contribution in [3.8, 4) is 0 Å². The Hall–Kier alpha value is -1.71. The first-order valence-corrected chi connectivity index (χ1v) is 10.0. The van der Waals surface area contributed by atoms with Crippen LogP contribution in [0.2, 0.25) is 5.02 Å². The molecule has 1 aliphatic rings. The molecule has 1 aromatic carbocycles. The summed E-state index contributed by atoms with van der Waals surface area (Å²) >= 11 is 14.8. The number of imidazole rings is 1. The third kappa shape index (κ3) is 3.01. The minimum Gasteiger partial charge on any atom is -0.464 e. The first kappa shape index (κ1) is 18.6. The maximum atomic E-state index is 14.5. The predicted molar refractivity (Wildman–Crippen MR) is 105 cm³/mol. The molecule has 0 fully saturated rings. The van der Waals surface area contributed by atoms with E-state index in [2.05, 4.69) is 26.0 Å². The van der Waals surface area contributed by atoms with Crippen LogP contribution in [-0.4, -0.2) is 31.9 Å². The molecule has 27 heavy (non-hydrogen) atoms. The molecular formula is C17H15BrClFN4O2S. The average molecular weight is 474 g/mol. The van der Waals surface area contributed by atoms with E-state index >= 15 is 0 Å². The van der Waals surface area contributed by atoms with Gasteiger partial charge in [-0.1, -0.05) is 11.6 Å². The highest BCUT2D eigenvalue weighted by atomic mass is 79.9. The van der Waals surface area contributed by atoms with Gasteiger partial charge in [0, 0.05) is 23.8 Å². The van der Waals surface area contributed by atoms with E-state index < -0.39 is 17.8 Å². The van der Waals surface area contributed by atoms with Crippen LogP contribution in [0.4, 0.5) is 4.39 Å². The summed E-state index contributed by atoms with van der Waals surface area (Å²) < 4.78 is 23.9. The number of aromatic amines is 1. The van der Waals surface area contributed by atoms with Gasteiger partial charge < -0.3 is 14.3 Å². The van der Waals surface area contributed by atoms with E-state index in [4.69, 9.17) is 28.6 Å². The fourth-order valence-corrected chi connectivity index (χ4v) is 4.57. The number of fused-ring (bicyclic) bond motifs is 2. The second-order valence-electron chi connectivity index (χ2n) is 6.23. The molecule has 142 valence electrons. The number of hydrogen-bond donors (Lipinski definition) is 1. The van der Waals surface area contributed by atoms with Crippen LogP contribution >= 0.6 is 39.7 Å². The van der Waals surface area contributed by atoms with Crippen molar-refractivity contribution in [2.24, 2.45) is 0 Å². The molecule has 1 atom stereocenters. The van der Waals surface area contributed by atoms with Crippen molar-refractivity contribution in [2.45, 2.75) is 32.4 Å². The standard InChI is InChI=1S/C17H15BrClFN4O2S/c1-2-26-16(25)15(14-11-4-3-5-23(11)17(27)21-14)24-7-8-10(19)6-9(18)12(20)13(8)22-24/h6-7,15H,2-5H2,1H3,(H,21,27). The van der Waals surface area contributed by atoms with Crippen LogP contribution in [0.3, 0.4) is 0 Å². The number of carbonyl (C=O) groups excluding carboxylic acids is 1. The zero-order valence-corrected chi connectivity index (χ0v) is 17.4. The minimum atomic E-state index is -0.900. The molecule has 3 aromatic rings. The molecule has 0 saturated heterocycles. The van der Waals surface area contributed by atoms with Crippen LogP contribution in [0.25, 0.3) is 10.9 Å². The maximum absolute atomic E-state index is 14.5. The molecule has 6 nitrogen and oxygen atoms in total. The third-order valence-electron chi connectivity index (χ3n) is 4.63. The molecule has 0 saturated carbocycles. The van der Waals surface area contributed by atoms with Crippen molar-refractivity contribution in [1.82, 2.24) is 19.3 Å². The lowest BCUT2D eigenvalue weighted by Gasteiger charge is -2.16. The van der Waals surface area contributed by atoms with Gasteiger partial charge in [-0.25, -0.2) is 9.18 Å². The third-order valence-corrected chi connectivity index (χ3v) is 5.84. The number of rotatable bonds is 4. The monoisotopic (exact) mass is 472 g/mol. The van der Waals surface area contributed by atoms with Crippen molar-refractivity contribution in [2.75, 3.05) is 6.61 Å². The summed E-state index contributed by atoms with van der Waals surface area (Å²) in [5, 5.41) is 5.06. The summed E-state index contributed by atoms with van der Waals surface area (Å²) in [6.07, 6.45) is 3.30. The summed E-state index contributed by atoms with van der Waals surface area (Å²) in [6.45, 7) is 2.75. The lowest BCUT2D eigenvalue weighted by molar-refractivity contribution is -0.146. The Morgan fingerprint density at radius 2 is 2.37 bits per heavy atom. The summed E-state index contributed by atoms with van der Waals surface area (Å²) in [5.41, 5.74) is 1.66. The van der Waals surface area contributed by atoms with Crippen molar-refractivity contribution in [1.29, 1.82) is 0 Å². The quantitative estimate of drug-likeness (QED) is 0.343. The fraction of sp³-hybridized carbons (Fsp3) is 0.353. The van der Waals surface area contributed by atoms with Gasteiger partial charge in [-0.2, -0.15) is 5.10 Å². The second kappa shape index (κ2) is 7.03. The molecule has 3 heterocycles. The fourth-order valence-electron chi connectivity index (χ4n) is 3.47. The number of carbonyl (C=O) groups is 1. The number of nitrogens with one attached hydrogen (secondary N) is 1. The van der Waals surface area contributed by atoms with E-state index in [0.29, 0.717) is 20.9 Å². The molecule has 0 amide bonds. The van der Waals surface area contributed by atoms with Gasteiger partial charge >= 0.3 is 5.97 Å². The molecule has 1 aliphatic heterocycles. The van der Waals surface area contributed by atoms with Gasteiger partial charge in [0.2, 0.25) is 0 Å². The molecule has 1 unspecified atom stereocenters.